The van der Waals surface area contributed by atoms with Crippen molar-refractivity contribution < 1.29 is 47.8 Å². The highest BCUT2D eigenvalue weighted by Crippen LogP contribution is 2.22. The van der Waals surface area contributed by atoms with Crippen molar-refractivity contribution in [3.8, 4) is 0 Å². The second-order valence-corrected chi connectivity index (χ2v) is 9.86. The lowest BCUT2D eigenvalue weighted by Gasteiger charge is -2.33. The lowest BCUT2D eigenvalue weighted by Crippen LogP contribution is -2.56. The third-order valence-electron chi connectivity index (χ3n) is 6.31. The first-order chi connectivity index (χ1) is 20.7. The minimum absolute atomic E-state index is 0.145. The summed E-state index contributed by atoms with van der Waals surface area (Å²) in [6.07, 6.45) is -2.11. The van der Waals surface area contributed by atoms with Crippen molar-refractivity contribution in [3.63, 3.8) is 0 Å². The van der Waals surface area contributed by atoms with Crippen LogP contribution in [0.5, 0.6) is 0 Å². The average Bonchev–Trinajstić information content (AvgIpc) is 2.97. The van der Waals surface area contributed by atoms with Crippen molar-refractivity contribution in [1.29, 1.82) is 0 Å². The van der Waals surface area contributed by atoms with Gasteiger partial charge in [0.2, 0.25) is 47.3 Å². The van der Waals surface area contributed by atoms with Crippen molar-refractivity contribution in [2.75, 3.05) is 68.7 Å². The smallest absolute Gasteiger partial charge is 0.246 e. The van der Waals surface area contributed by atoms with E-state index in [0.29, 0.717) is 0 Å². The molecule has 0 radical (unpaired) electrons. The van der Waals surface area contributed by atoms with E-state index in [-0.39, 0.29) is 51.7 Å². The van der Waals surface area contributed by atoms with Crippen molar-refractivity contribution in [2.45, 2.75) is 49.6 Å². The van der Waals surface area contributed by atoms with Gasteiger partial charge < -0.3 is 52.0 Å². The Morgan fingerprint density at radius 1 is 0.386 bits per heavy atom. The van der Waals surface area contributed by atoms with Gasteiger partial charge in [0.1, 0.15) is 13.2 Å². The molecule has 44 heavy (non-hydrogen) atoms. The molecule has 0 spiro atoms. The maximum Gasteiger partial charge on any atom is 0.246 e. The quantitative estimate of drug-likeness (QED) is 0.0565. The average molecular weight is 631 g/mol. The summed E-state index contributed by atoms with van der Waals surface area (Å²) in [6.45, 7) is -1.32. The molecule has 18 heteroatoms. The van der Waals surface area contributed by atoms with E-state index in [4.69, 9.17) is 9.47 Å². The highest BCUT2D eigenvalue weighted by atomic mass is 16.5. The van der Waals surface area contributed by atoms with Gasteiger partial charge in [-0.05, 0) is 0 Å². The van der Waals surface area contributed by atoms with Crippen LogP contribution < -0.4 is 42.5 Å². The summed E-state index contributed by atoms with van der Waals surface area (Å²) in [6, 6.07) is 0. The van der Waals surface area contributed by atoms with Crippen LogP contribution in [0, 0.1) is 0 Å². The second kappa shape index (κ2) is 20.6. The molecule has 0 atom stereocenters. The predicted octanol–water partition coefficient (Wildman–Crippen LogP) is -4.45. The van der Waals surface area contributed by atoms with E-state index in [0.717, 1.165) is 0 Å². The molecule has 18 nitrogen and oxygen atoms in total. The molecule has 0 aromatic heterocycles. The molecule has 0 aliphatic carbocycles. The molecular formula is C26H46N8O10. The van der Waals surface area contributed by atoms with Gasteiger partial charge in [-0.25, -0.2) is 0 Å². The van der Waals surface area contributed by atoms with Gasteiger partial charge in [-0.15, -0.1) is 0 Å². The number of carbonyl (C=O) groups is 8. The monoisotopic (exact) mass is 630 g/mol. The van der Waals surface area contributed by atoms with E-state index in [9.17, 15) is 38.4 Å². The van der Waals surface area contributed by atoms with Gasteiger partial charge in [0.05, 0.1) is 62.8 Å². The minimum atomic E-state index is -1.53. The van der Waals surface area contributed by atoms with Crippen molar-refractivity contribution >= 4 is 47.3 Å². The van der Waals surface area contributed by atoms with E-state index in [1.807, 2.05) is 0 Å². The van der Waals surface area contributed by atoms with Crippen LogP contribution in [0.3, 0.4) is 0 Å². The summed E-state index contributed by atoms with van der Waals surface area (Å²) in [5.74, 6) is -4.44. The first-order valence-electron chi connectivity index (χ1n) is 13.7. The third-order valence-corrected chi connectivity index (χ3v) is 6.31. The zero-order chi connectivity index (χ0) is 33.8. The second-order valence-electron chi connectivity index (χ2n) is 9.86. The largest absolute Gasteiger partial charge is 0.369 e. The first kappa shape index (κ1) is 39.7. The summed E-state index contributed by atoms with van der Waals surface area (Å²) >= 11 is 0. The Morgan fingerprint density at radius 3 is 0.773 bits per heavy atom. The van der Waals surface area contributed by atoms with Crippen molar-refractivity contribution in [1.82, 2.24) is 42.5 Å². The molecule has 0 heterocycles. The van der Waals surface area contributed by atoms with Crippen LogP contribution in [0.2, 0.25) is 0 Å². The number of rotatable bonds is 21. The van der Waals surface area contributed by atoms with E-state index in [1.54, 1.807) is 0 Å². The molecule has 8 amide bonds. The minimum Gasteiger partial charge on any atom is -0.369 e. The summed E-state index contributed by atoms with van der Waals surface area (Å²) in [5, 5.41) is 19.6. The summed E-state index contributed by atoms with van der Waals surface area (Å²) in [5.41, 5.74) is -3.06. The van der Waals surface area contributed by atoms with E-state index >= 15 is 0 Å². The topological polar surface area (TPSA) is 251 Å². The Bertz CT molecular complexity index is 865. The predicted molar refractivity (Wildman–Crippen MR) is 155 cm³/mol. The van der Waals surface area contributed by atoms with Crippen LogP contribution >= 0.6 is 0 Å². The molecule has 250 valence electrons. The molecule has 0 aromatic rings. The number of ether oxygens (including phenoxy) is 2. The SMILES string of the molecule is CNC(=O)CC(CC(=O)NC)(CC(=O)NC)NC(=O)COCCOCC(=O)NC(CC(=O)NC)(CC(=O)NC)CC(=O)NC. The van der Waals surface area contributed by atoms with Crippen LogP contribution in [0.25, 0.3) is 0 Å². The highest BCUT2D eigenvalue weighted by molar-refractivity contribution is 5.89. The van der Waals surface area contributed by atoms with Crippen LogP contribution in [-0.2, 0) is 47.8 Å². The lowest BCUT2D eigenvalue weighted by atomic mass is 9.86. The van der Waals surface area contributed by atoms with Gasteiger partial charge >= 0.3 is 0 Å². The fourth-order valence-corrected chi connectivity index (χ4v) is 4.13. The summed E-state index contributed by atoms with van der Waals surface area (Å²) < 4.78 is 10.6. The molecule has 0 fully saturated rings. The van der Waals surface area contributed by atoms with E-state index in [2.05, 4.69) is 42.5 Å². The molecule has 0 unspecified atom stereocenters. The number of nitrogens with one attached hydrogen (secondary N) is 8. The van der Waals surface area contributed by atoms with Gasteiger partial charge in [0.25, 0.3) is 0 Å². The molecule has 0 rings (SSSR count). The van der Waals surface area contributed by atoms with Crippen molar-refractivity contribution in [2.24, 2.45) is 0 Å². The van der Waals surface area contributed by atoms with Gasteiger partial charge in [0, 0.05) is 42.3 Å². The summed E-state index contributed by atoms with van der Waals surface area (Å²) in [4.78, 5) is 98.3. The standard InChI is InChI=1S/C26H46N8O10/c1-27-17(35)9-25(10-18(36)28-2,11-19(37)29-3)33-23(41)15-43-7-8-44-16-24(42)34-26(12-20(38)30-4,13-21(39)31-5)14-22(40)32-6/h7-16H2,1-6H3,(H,27,35)(H,28,36)(H,29,37)(H,30,38)(H,31,39)(H,32,40)(H,33,41)(H,34,42). The Morgan fingerprint density at radius 2 is 0.591 bits per heavy atom. The van der Waals surface area contributed by atoms with Gasteiger partial charge in [0.15, 0.2) is 0 Å². The maximum absolute atomic E-state index is 12.7. The van der Waals surface area contributed by atoms with Gasteiger partial charge in [-0.1, -0.05) is 0 Å². The number of hydrogen-bond acceptors (Lipinski definition) is 10. The van der Waals surface area contributed by atoms with Crippen LogP contribution in [0.1, 0.15) is 38.5 Å². The number of hydrogen-bond donors (Lipinski definition) is 8. The Balaban J connectivity index is 5.21. The molecule has 0 bridgehead atoms. The van der Waals surface area contributed by atoms with Gasteiger partial charge in [-0.2, -0.15) is 0 Å². The molecule has 8 N–H and O–H groups in total. The molecule has 0 saturated carbocycles. The molecule has 0 saturated heterocycles. The molecular weight excluding hydrogens is 584 g/mol. The molecule has 0 aliphatic rings. The number of amides is 8. The number of carbonyl (C=O) groups excluding carboxylic acids is 8. The maximum atomic E-state index is 12.7. The molecule has 0 aromatic carbocycles. The Kier molecular flexibility index (Phi) is 18.5. The van der Waals surface area contributed by atoms with Gasteiger partial charge in [-0.3, -0.25) is 38.4 Å². The van der Waals surface area contributed by atoms with E-state index in [1.165, 1.54) is 42.3 Å². The first-order valence-corrected chi connectivity index (χ1v) is 13.7. The fourth-order valence-electron chi connectivity index (χ4n) is 4.13. The summed E-state index contributed by atoms with van der Waals surface area (Å²) in [7, 11) is 8.27. The van der Waals surface area contributed by atoms with Crippen molar-refractivity contribution in [3.05, 3.63) is 0 Å². The normalized spacial score (nSPS) is 11.0. The van der Waals surface area contributed by atoms with Crippen LogP contribution in [0.4, 0.5) is 0 Å². The van der Waals surface area contributed by atoms with E-state index < -0.39 is 71.5 Å². The fraction of sp³-hybridized carbons (Fsp3) is 0.692. The van der Waals surface area contributed by atoms with Crippen LogP contribution in [-0.4, -0.2) is 127 Å². The van der Waals surface area contributed by atoms with Crippen LogP contribution in [0.15, 0.2) is 0 Å². The molecule has 0 aliphatic heterocycles. The Labute approximate surface area is 256 Å². The zero-order valence-corrected chi connectivity index (χ0v) is 26.2. The Hall–Kier alpha value is -4.32. The highest BCUT2D eigenvalue weighted by Gasteiger charge is 2.39. The third kappa shape index (κ3) is 15.8. The zero-order valence-electron chi connectivity index (χ0n) is 26.2. The lowest BCUT2D eigenvalue weighted by molar-refractivity contribution is -0.136.